The summed E-state index contributed by atoms with van der Waals surface area (Å²) in [6.07, 6.45) is 0. The quantitative estimate of drug-likeness (QED) is 0.673. The first kappa shape index (κ1) is 18.6. The van der Waals surface area contributed by atoms with Crippen LogP contribution >= 0.6 is 11.6 Å². The zero-order chi connectivity index (χ0) is 19.3. The predicted octanol–water partition coefficient (Wildman–Crippen LogP) is 3.85. The van der Waals surface area contributed by atoms with Gasteiger partial charge in [-0.3, -0.25) is 0 Å². The van der Waals surface area contributed by atoms with E-state index in [1.54, 1.807) is 7.11 Å². The van der Waals surface area contributed by atoms with Crippen LogP contribution in [0.15, 0.2) is 47.0 Å². The maximum Gasteiger partial charge on any atom is 0.246 e. The Kier molecular flexibility index (Phi) is 5.64. The van der Waals surface area contributed by atoms with Gasteiger partial charge in [0.05, 0.1) is 43.8 Å². The number of ether oxygens (including phenoxy) is 2. The summed E-state index contributed by atoms with van der Waals surface area (Å²) in [6.45, 7) is 3.51. The lowest BCUT2D eigenvalue weighted by atomic mass is 10.2. The van der Waals surface area contributed by atoms with E-state index in [-0.39, 0.29) is 0 Å². The Morgan fingerprint density at radius 3 is 2.82 bits per heavy atom. The molecule has 28 heavy (non-hydrogen) atoms. The first-order valence-electron chi connectivity index (χ1n) is 9.06. The molecular weight excluding hydrogens is 380 g/mol. The van der Waals surface area contributed by atoms with Crippen LogP contribution in [0.2, 0.25) is 5.02 Å². The lowest BCUT2D eigenvalue weighted by Gasteiger charge is -2.30. The van der Waals surface area contributed by atoms with Crippen LogP contribution in [0.3, 0.4) is 0 Å². The number of rotatable bonds is 6. The Balaban J connectivity index is 1.51. The van der Waals surface area contributed by atoms with Crippen molar-refractivity contribution >= 4 is 23.0 Å². The third kappa shape index (κ3) is 4.05. The van der Waals surface area contributed by atoms with Crippen molar-refractivity contribution in [3.63, 3.8) is 0 Å². The predicted molar refractivity (Wildman–Crippen MR) is 108 cm³/mol. The monoisotopic (exact) mass is 400 g/mol. The van der Waals surface area contributed by atoms with Crippen LogP contribution in [0.25, 0.3) is 11.4 Å². The summed E-state index contributed by atoms with van der Waals surface area (Å²) in [4.78, 5) is 6.76. The van der Waals surface area contributed by atoms with Gasteiger partial charge in [-0.05, 0) is 30.3 Å². The van der Waals surface area contributed by atoms with Gasteiger partial charge in [0.25, 0.3) is 0 Å². The number of halogens is 1. The van der Waals surface area contributed by atoms with Crippen molar-refractivity contribution in [2.24, 2.45) is 0 Å². The highest BCUT2D eigenvalue weighted by atomic mass is 35.5. The molecule has 3 aromatic rings. The Labute approximate surface area is 168 Å². The Hall–Kier alpha value is -2.77. The van der Waals surface area contributed by atoms with E-state index in [0.29, 0.717) is 42.2 Å². The second-order valence-electron chi connectivity index (χ2n) is 6.33. The van der Waals surface area contributed by atoms with E-state index in [1.165, 1.54) is 0 Å². The molecule has 0 saturated carbocycles. The molecule has 1 aromatic heterocycles. The van der Waals surface area contributed by atoms with E-state index in [2.05, 4.69) is 20.4 Å². The van der Waals surface area contributed by atoms with Crippen LogP contribution in [0.5, 0.6) is 5.75 Å². The minimum absolute atomic E-state index is 0.389. The van der Waals surface area contributed by atoms with Gasteiger partial charge < -0.3 is 24.2 Å². The number of hydrogen-bond donors (Lipinski definition) is 1. The molecule has 0 bridgehead atoms. The third-order valence-electron chi connectivity index (χ3n) is 4.56. The number of benzene rings is 2. The van der Waals surface area contributed by atoms with Crippen molar-refractivity contribution in [1.82, 2.24) is 10.1 Å². The van der Waals surface area contributed by atoms with Gasteiger partial charge in [0.1, 0.15) is 5.75 Å². The molecule has 0 atom stereocenters. The fourth-order valence-corrected chi connectivity index (χ4v) is 3.34. The van der Waals surface area contributed by atoms with Gasteiger partial charge in [-0.25, -0.2) is 0 Å². The number of para-hydroxylation sites is 1. The van der Waals surface area contributed by atoms with Crippen molar-refractivity contribution in [3.05, 3.63) is 53.4 Å². The molecule has 1 N–H and O–H groups in total. The molecule has 1 aliphatic rings. The second-order valence-corrected chi connectivity index (χ2v) is 6.76. The van der Waals surface area contributed by atoms with Gasteiger partial charge in [-0.1, -0.05) is 28.9 Å². The number of morpholine rings is 1. The first-order valence-corrected chi connectivity index (χ1v) is 9.44. The van der Waals surface area contributed by atoms with Crippen LogP contribution in [-0.4, -0.2) is 43.6 Å². The van der Waals surface area contributed by atoms with Crippen molar-refractivity contribution in [2.45, 2.75) is 6.54 Å². The summed E-state index contributed by atoms with van der Waals surface area (Å²) in [5.41, 5.74) is 2.79. The number of nitrogens with one attached hydrogen (secondary N) is 1. The molecule has 1 aliphatic heterocycles. The maximum atomic E-state index is 6.21. The molecule has 146 valence electrons. The van der Waals surface area contributed by atoms with Crippen molar-refractivity contribution in [3.8, 4) is 17.1 Å². The van der Waals surface area contributed by atoms with Crippen LogP contribution in [-0.2, 0) is 11.3 Å². The van der Waals surface area contributed by atoms with E-state index in [4.69, 9.17) is 25.6 Å². The standard InChI is InChI=1S/C20H21ClN4O3/c1-26-18-5-3-2-4-15(18)20-23-19(28-24-20)13-22-16-12-14(21)6-7-17(16)25-8-10-27-11-9-25/h2-7,12,22H,8-11,13H2,1H3. The molecule has 4 rings (SSSR count). The summed E-state index contributed by atoms with van der Waals surface area (Å²) >= 11 is 6.21. The third-order valence-corrected chi connectivity index (χ3v) is 4.79. The largest absolute Gasteiger partial charge is 0.496 e. The highest BCUT2D eigenvalue weighted by Crippen LogP contribution is 2.31. The average Bonchev–Trinajstić information content (AvgIpc) is 3.22. The minimum Gasteiger partial charge on any atom is -0.496 e. The van der Waals surface area contributed by atoms with E-state index in [0.717, 1.165) is 30.0 Å². The van der Waals surface area contributed by atoms with Crippen LogP contribution in [0.4, 0.5) is 11.4 Å². The van der Waals surface area contributed by atoms with Gasteiger partial charge >= 0.3 is 0 Å². The fourth-order valence-electron chi connectivity index (χ4n) is 3.17. The maximum absolute atomic E-state index is 6.21. The Bertz CT molecular complexity index is 941. The normalized spacial score (nSPS) is 14.1. The van der Waals surface area contributed by atoms with Crippen molar-refractivity contribution in [1.29, 1.82) is 0 Å². The number of hydrogen-bond acceptors (Lipinski definition) is 7. The highest BCUT2D eigenvalue weighted by Gasteiger charge is 2.17. The molecule has 0 aliphatic carbocycles. The van der Waals surface area contributed by atoms with Gasteiger partial charge in [-0.2, -0.15) is 4.98 Å². The molecule has 0 radical (unpaired) electrons. The van der Waals surface area contributed by atoms with E-state index >= 15 is 0 Å². The smallest absolute Gasteiger partial charge is 0.246 e. The van der Waals surface area contributed by atoms with E-state index in [9.17, 15) is 0 Å². The van der Waals surface area contributed by atoms with Gasteiger partial charge in [-0.15, -0.1) is 0 Å². The highest BCUT2D eigenvalue weighted by molar-refractivity contribution is 6.31. The molecular formula is C20H21ClN4O3. The summed E-state index contributed by atoms with van der Waals surface area (Å²) in [5, 5.41) is 8.11. The lowest BCUT2D eigenvalue weighted by Crippen LogP contribution is -2.36. The Morgan fingerprint density at radius 2 is 2.00 bits per heavy atom. The molecule has 0 amide bonds. The van der Waals surface area contributed by atoms with Crippen LogP contribution < -0.4 is 15.0 Å². The number of anilines is 2. The van der Waals surface area contributed by atoms with E-state index < -0.39 is 0 Å². The summed E-state index contributed by atoms with van der Waals surface area (Å²) < 4.78 is 16.2. The summed E-state index contributed by atoms with van der Waals surface area (Å²) in [7, 11) is 1.62. The molecule has 1 saturated heterocycles. The number of methoxy groups -OCH3 is 1. The second kappa shape index (κ2) is 8.50. The van der Waals surface area contributed by atoms with Crippen LogP contribution in [0.1, 0.15) is 5.89 Å². The SMILES string of the molecule is COc1ccccc1-c1noc(CNc2cc(Cl)ccc2N2CCOCC2)n1. The average molecular weight is 401 g/mol. The molecule has 0 spiro atoms. The summed E-state index contributed by atoms with van der Waals surface area (Å²) in [5.74, 6) is 1.68. The number of nitrogens with zero attached hydrogens (tertiary/aromatic N) is 3. The van der Waals surface area contributed by atoms with Gasteiger partial charge in [0.15, 0.2) is 0 Å². The number of aromatic nitrogens is 2. The first-order chi connectivity index (χ1) is 13.7. The topological polar surface area (TPSA) is 72.7 Å². The van der Waals surface area contributed by atoms with Gasteiger partial charge in [0, 0.05) is 18.1 Å². The Morgan fingerprint density at radius 1 is 1.18 bits per heavy atom. The van der Waals surface area contributed by atoms with Crippen molar-refractivity contribution in [2.75, 3.05) is 43.6 Å². The molecule has 1 fully saturated rings. The molecule has 8 heteroatoms. The molecule has 2 aromatic carbocycles. The molecule has 2 heterocycles. The molecule has 0 unspecified atom stereocenters. The van der Waals surface area contributed by atoms with Crippen molar-refractivity contribution < 1.29 is 14.0 Å². The lowest BCUT2D eigenvalue weighted by molar-refractivity contribution is 0.123. The van der Waals surface area contributed by atoms with Crippen LogP contribution in [0, 0.1) is 0 Å². The van der Waals surface area contributed by atoms with E-state index in [1.807, 2.05) is 42.5 Å². The zero-order valence-corrected chi connectivity index (χ0v) is 16.3. The fraction of sp³-hybridized carbons (Fsp3) is 0.300. The summed E-state index contributed by atoms with van der Waals surface area (Å²) in [6, 6.07) is 13.4. The minimum atomic E-state index is 0.389. The molecule has 7 nitrogen and oxygen atoms in total. The zero-order valence-electron chi connectivity index (χ0n) is 15.5. The van der Waals surface area contributed by atoms with Gasteiger partial charge in [0.2, 0.25) is 11.7 Å².